The van der Waals surface area contributed by atoms with E-state index in [1.165, 1.54) is 10.5 Å². The van der Waals surface area contributed by atoms with Crippen LogP contribution in [-0.4, -0.2) is 37.7 Å². The maximum Gasteiger partial charge on any atom is 0.200 e. The first-order valence-electron chi connectivity index (χ1n) is 9.87. The van der Waals surface area contributed by atoms with Crippen molar-refractivity contribution in [2.45, 2.75) is 94.0 Å². The van der Waals surface area contributed by atoms with Crippen molar-refractivity contribution in [2.24, 2.45) is 0 Å². The Morgan fingerprint density at radius 1 is 1.08 bits per heavy atom. The fraction of sp³-hybridized carbons (Fsp3) is 0.714. The fourth-order valence-electron chi connectivity index (χ4n) is 4.41. The predicted molar refractivity (Wildman–Crippen MR) is 113 cm³/mol. The summed E-state index contributed by atoms with van der Waals surface area (Å²) >= 11 is 1.69. The molecule has 5 heteroatoms. The van der Waals surface area contributed by atoms with Gasteiger partial charge >= 0.3 is 0 Å². The quantitative estimate of drug-likeness (QED) is 0.567. The van der Waals surface area contributed by atoms with Crippen LogP contribution in [0.25, 0.3) is 0 Å². The number of thioether (sulfide) groups is 1. The van der Waals surface area contributed by atoms with Crippen LogP contribution >= 0.6 is 11.8 Å². The Labute approximate surface area is 165 Å². The molecule has 0 amide bonds. The molecule has 1 aliphatic rings. The van der Waals surface area contributed by atoms with Gasteiger partial charge in [0.25, 0.3) is 0 Å². The molecule has 1 aromatic rings. The molecule has 26 heavy (non-hydrogen) atoms. The third-order valence-corrected chi connectivity index (χ3v) is 12.9. The number of aliphatic hydroxyl groups is 1. The van der Waals surface area contributed by atoms with Crippen molar-refractivity contribution in [3.05, 3.63) is 29.8 Å². The lowest BCUT2D eigenvalue weighted by Gasteiger charge is -2.42. The molecule has 0 radical (unpaired) electrons. The third-order valence-electron chi connectivity index (χ3n) is 5.68. The van der Waals surface area contributed by atoms with E-state index in [1.807, 2.05) is 0 Å². The van der Waals surface area contributed by atoms with Gasteiger partial charge in [0.1, 0.15) is 11.5 Å². The van der Waals surface area contributed by atoms with Gasteiger partial charge in [-0.3, -0.25) is 0 Å². The zero-order valence-corrected chi connectivity index (χ0v) is 19.2. The van der Waals surface area contributed by atoms with Crippen LogP contribution in [0.2, 0.25) is 16.6 Å². The molecular formula is C21H36O3SSi. The molecule has 0 aromatic heterocycles. The number of ether oxygens (including phenoxy) is 1. The normalized spacial score (nSPS) is 24.2. The number of benzene rings is 1. The van der Waals surface area contributed by atoms with E-state index in [4.69, 9.17) is 9.16 Å². The van der Waals surface area contributed by atoms with E-state index < -0.39 is 14.4 Å². The van der Waals surface area contributed by atoms with Crippen LogP contribution in [0.3, 0.4) is 0 Å². The van der Waals surface area contributed by atoms with Crippen LogP contribution < -0.4 is 0 Å². The van der Waals surface area contributed by atoms with Crippen molar-refractivity contribution in [3.8, 4) is 0 Å². The summed E-state index contributed by atoms with van der Waals surface area (Å²) in [7, 11) is -1.93. The van der Waals surface area contributed by atoms with Crippen molar-refractivity contribution in [1.29, 1.82) is 0 Å². The lowest BCUT2D eigenvalue weighted by molar-refractivity contribution is -0.000122. The Kier molecular flexibility index (Phi) is 7.81. The van der Waals surface area contributed by atoms with Gasteiger partial charge < -0.3 is 14.3 Å². The maximum absolute atomic E-state index is 10.5. The molecule has 1 N–H and O–H groups in total. The molecule has 1 aliphatic heterocycles. The Hall–Kier alpha value is -0.333. The molecule has 0 spiro atoms. The molecule has 1 saturated heterocycles. The van der Waals surface area contributed by atoms with Gasteiger partial charge in [-0.25, -0.2) is 0 Å². The minimum absolute atomic E-state index is 0.00507. The summed E-state index contributed by atoms with van der Waals surface area (Å²) in [5.41, 5.74) is 2.87. The summed E-state index contributed by atoms with van der Waals surface area (Å²) in [5, 5.41) is 10.5. The first-order valence-corrected chi connectivity index (χ1v) is 12.9. The first kappa shape index (κ1) is 22.0. The van der Waals surface area contributed by atoms with Crippen molar-refractivity contribution in [2.75, 3.05) is 6.61 Å². The van der Waals surface area contributed by atoms with Crippen molar-refractivity contribution in [1.82, 2.24) is 0 Å². The number of aliphatic hydroxyl groups excluding tert-OH is 1. The van der Waals surface area contributed by atoms with Gasteiger partial charge in [-0.05, 0) is 35.7 Å². The largest absolute Gasteiger partial charge is 0.413 e. The van der Waals surface area contributed by atoms with Gasteiger partial charge in [0.2, 0.25) is 0 Å². The molecule has 1 fully saturated rings. The molecule has 0 bridgehead atoms. The predicted octanol–water partition coefficient (Wildman–Crippen LogP) is 5.76. The summed E-state index contributed by atoms with van der Waals surface area (Å²) < 4.78 is 12.8. The van der Waals surface area contributed by atoms with Gasteiger partial charge in [-0.2, -0.15) is 0 Å². The highest BCUT2D eigenvalue weighted by molar-refractivity contribution is 7.99. The first-order chi connectivity index (χ1) is 12.2. The third kappa shape index (κ3) is 4.93. The smallest absolute Gasteiger partial charge is 0.200 e. The van der Waals surface area contributed by atoms with E-state index >= 15 is 0 Å². The summed E-state index contributed by atoms with van der Waals surface area (Å²) in [6, 6.07) is 8.46. The van der Waals surface area contributed by atoms with Crippen LogP contribution in [-0.2, 0) is 9.16 Å². The van der Waals surface area contributed by atoms with Gasteiger partial charge in [0, 0.05) is 11.3 Å². The highest BCUT2D eigenvalue weighted by Crippen LogP contribution is 2.43. The van der Waals surface area contributed by atoms with Crippen LogP contribution in [0.15, 0.2) is 29.2 Å². The summed E-state index contributed by atoms with van der Waals surface area (Å²) in [6.45, 7) is 16.3. The highest BCUT2D eigenvalue weighted by atomic mass is 32.2. The van der Waals surface area contributed by atoms with Crippen molar-refractivity contribution >= 4 is 20.1 Å². The Morgan fingerprint density at radius 2 is 1.62 bits per heavy atom. The van der Waals surface area contributed by atoms with E-state index in [-0.39, 0.29) is 11.5 Å². The van der Waals surface area contributed by atoms with Crippen molar-refractivity contribution in [3.63, 3.8) is 0 Å². The molecule has 1 heterocycles. The zero-order chi connectivity index (χ0) is 19.5. The van der Waals surface area contributed by atoms with E-state index in [9.17, 15) is 5.11 Å². The van der Waals surface area contributed by atoms with E-state index in [2.05, 4.69) is 72.7 Å². The number of aryl methyl sites for hydroxylation is 1. The van der Waals surface area contributed by atoms with Crippen molar-refractivity contribution < 1.29 is 14.3 Å². The average molecular weight is 397 g/mol. The van der Waals surface area contributed by atoms with E-state index in [0.29, 0.717) is 29.7 Å². The van der Waals surface area contributed by atoms with Gasteiger partial charge in [0.05, 0.1) is 12.7 Å². The molecule has 1 aromatic carbocycles. The monoisotopic (exact) mass is 396 g/mol. The Bertz CT molecular complexity index is 537. The number of hydrogen-bond acceptors (Lipinski definition) is 4. The SMILES string of the molecule is Cc1ccc(SC2C[C@H](O)[C@@H](CO[Si](C(C)C)(C(C)C)C(C)C)O2)cc1. The van der Waals surface area contributed by atoms with E-state index in [0.717, 1.165) is 0 Å². The van der Waals surface area contributed by atoms with Gasteiger partial charge in [-0.15, -0.1) is 0 Å². The molecule has 0 saturated carbocycles. The number of hydrogen-bond donors (Lipinski definition) is 1. The average Bonchev–Trinajstić information content (AvgIpc) is 2.89. The van der Waals surface area contributed by atoms with Crippen LogP contribution in [0, 0.1) is 6.92 Å². The summed E-state index contributed by atoms with van der Waals surface area (Å²) in [4.78, 5) is 1.18. The van der Waals surface area contributed by atoms with Crippen LogP contribution in [0.1, 0.15) is 53.5 Å². The maximum atomic E-state index is 10.5. The minimum Gasteiger partial charge on any atom is -0.413 e. The standard InChI is InChI=1S/C21H36O3SSi/c1-14(2)26(15(3)4,16(5)6)23-13-20-19(22)12-21(24-20)25-18-10-8-17(7)9-11-18/h8-11,14-16,19-22H,12-13H2,1-7H3/t19-,20+,21?/m0/s1. The topological polar surface area (TPSA) is 38.7 Å². The Balaban J connectivity index is 1.98. The lowest BCUT2D eigenvalue weighted by Crippen LogP contribution is -2.49. The highest BCUT2D eigenvalue weighted by Gasteiger charge is 2.46. The molecule has 3 atom stereocenters. The second-order valence-corrected chi connectivity index (χ2v) is 15.2. The molecule has 148 valence electrons. The molecule has 3 nitrogen and oxygen atoms in total. The Morgan fingerprint density at radius 3 is 2.12 bits per heavy atom. The van der Waals surface area contributed by atoms with Gasteiger partial charge in [-0.1, -0.05) is 71.0 Å². The zero-order valence-electron chi connectivity index (χ0n) is 17.4. The number of rotatable bonds is 8. The van der Waals surface area contributed by atoms with E-state index in [1.54, 1.807) is 11.8 Å². The molecule has 1 unspecified atom stereocenters. The minimum atomic E-state index is -1.93. The molecular weight excluding hydrogens is 360 g/mol. The van der Waals surface area contributed by atoms with Crippen LogP contribution in [0.4, 0.5) is 0 Å². The second-order valence-electron chi connectivity index (χ2n) is 8.47. The molecule has 0 aliphatic carbocycles. The fourth-order valence-corrected chi connectivity index (χ4v) is 11.0. The van der Waals surface area contributed by atoms with Crippen LogP contribution in [0.5, 0.6) is 0 Å². The second kappa shape index (κ2) is 9.24. The van der Waals surface area contributed by atoms with Gasteiger partial charge in [0.15, 0.2) is 8.32 Å². The summed E-state index contributed by atoms with van der Waals surface area (Å²) in [5.74, 6) is 0. The molecule has 2 rings (SSSR count). The lowest BCUT2D eigenvalue weighted by atomic mass is 10.2. The summed E-state index contributed by atoms with van der Waals surface area (Å²) in [6.07, 6.45) is -0.0104.